The zero-order valence-electron chi connectivity index (χ0n) is 10.3. The first kappa shape index (κ1) is 13.7. The summed E-state index contributed by atoms with van der Waals surface area (Å²) in [7, 11) is 0. The Balaban J connectivity index is 2.35. The van der Waals surface area contributed by atoms with E-state index >= 15 is 0 Å². The number of aliphatic hydroxyl groups is 2. The number of aliphatic hydroxyl groups excluding tert-OH is 2. The number of rotatable bonds is 4. The summed E-state index contributed by atoms with van der Waals surface area (Å²) in [5, 5.41) is 18.7. The number of nitrogens with one attached hydrogen (secondary N) is 1. The van der Waals surface area contributed by atoms with Crippen LogP contribution in [0.4, 0.5) is 0 Å². The summed E-state index contributed by atoms with van der Waals surface area (Å²) in [6, 6.07) is 0. The smallest absolute Gasteiger partial charge is 0.330 e. The number of hydrogen-bond acceptors (Lipinski definition) is 5. The second kappa shape index (κ2) is 5.52. The summed E-state index contributed by atoms with van der Waals surface area (Å²) < 4.78 is 6.60. The normalized spacial score (nSPS) is 26.5. The second-order valence-corrected chi connectivity index (χ2v) is 4.43. The Bertz CT molecular complexity index is 576. The molecule has 7 nitrogen and oxygen atoms in total. The molecule has 2 heterocycles. The van der Waals surface area contributed by atoms with Gasteiger partial charge in [0.1, 0.15) is 12.3 Å². The zero-order valence-corrected chi connectivity index (χ0v) is 10.3. The van der Waals surface area contributed by atoms with Crippen LogP contribution in [0.25, 0.3) is 0 Å². The molecule has 1 aliphatic rings. The van der Waals surface area contributed by atoms with Gasteiger partial charge in [-0.15, -0.1) is 6.58 Å². The lowest BCUT2D eigenvalue weighted by atomic mass is 10.2. The molecule has 1 unspecified atom stereocenters. The third-order valence-corrected chi connectivity index (χ3v) is 3.10. The molecule has 3 N–H and O–H groups in total. The molecule has 0 aliphatic carbocycles. The number of allylic oxidation sites excluding steroid dienone is 1. The molecule has 1 saturated heterocycles. The van der Waals surface area contributed by atoms with Gasteiger partial charge in [0.05, 0.1) is 12.7 Å². The Morgan fingerprint density at radius 1 is 1.58 bits per heavy atom. The molecule has 2 rings (SSSR count). The van der Waals surface area contributed by atoms with E-state index in [2.05, 4.69) is 11.6 Å². The first-order chi connectivity index (χ1) is 9.06. The molecule has 3 atom stereocenters. The maximum absolute atomic E-state index is 11.7. The molecule has 0 radical (unpaired) electrons. The van der Waals surface area contributed by atoms with Gasteiger partial charge in [-0.05, 0) is 6.42 Å². The fraction of sp³-hybridized carbons (Fsp3) is 0.500. The van der Waals surface area contributed by atoms with Crippen LogP contribution in [0.2, 0.25) is 0 Å². The third-order valence-electron chi connectivity index (χ3n) is 3.10. The number of nitrogens with zero attached hydrogens (tertiary/aromatic N) is 1. The Labute approximate surface area is 108 Å². The average Bonchev–Trinajstić information content (AvgIpc) is 2.74. The van der Waals surface area contributed by atoms with E-state index in [1.165, 1.54) is 10.8 Å². The minimum atomic E-state index is -0.836. The summed E-state index contributed by atoms with van der Waals surface area (Å²) in [6.45, 7) is 3.22. The molecule has 1 aromatic heterocycles. The van der Waals surface area contributed by atoms with E-state index in [9.17, 15) is 14.7 Å². The Kier molecular flexibility index (Phi) is 3.98. The number of H-pyrrole nitrogens is 1. The molecular formula is C12H16N2O5. The van der Waals surface area contributed by atoms with Crippen LogP contribution in [0.15, 0.2) is 28.4 Å². The molecule has 1 aromatic rings. The van der Waals surface area contributed by atoms with Gasteiger partial charge < -0.3 is 14.9 Å². The van der Waals surface area contributed by atoms with Crippen molar-refractivity contribution in [2.24, 2.45) is 0 Å². The van der Waals surface area contributed by atoms with Crippen molar-refractivity contribution in [3.05, 3.63) is 45.3 Å². The summed E-state index contributed by atoms with van der Waals surface area (Å²) in [6.07, 6.45) is 1.22. The van der Waals surface area contributed by atoms with Crippen LogP contribution in [0.1, 0.15) is 18.2 Å². The minimum Gasteiger partial charge on any atom is -0.394 e. The molecule has 19 heavy (non-hydrogen) atoms. The number of ether oxygens (including phenoxy) is 1. The third kappa shape index (κ3) is 2.67. The average molecular weight is 268 g/mol. The van der Waals surface area contributed by atoms with E-state index in [0.29, 0.717) is 12.0 Å². The maximum Gasteiger partial charge on any atom is 0.330 e. The van der Waals surface area contributed by atoms with Gasteiger partial charge in [-0.3, -0.25) is 14.3 Å². The molecule has 0 saturated carbocycles. The van der Waals surface area contributed by atoms with Gasteiger partial charge in [-0.25, -0.2) is 4.79 Å². The fourth-order valence-electron chi connectivity index (χ4n) is 2.09. The van der Waals surface area contributed by atoms with Crippen LogP contribution in [0.3, 0.4) is 0 Å². The van der Waals surface area contributed by atoms with E-state index in [0.717, 1.165) is 0 Å². The zero-order chi connectivity index (χ0) is 14.0. The van der Waals surface area contributed by atoms with Crippen molar-refractivity contribution in [1.82, 2.24) is 9.55 Å². The molecule has 104 valence electrons. The molecule has 0 amide bonds. The van der Waals surface area contributed by atoms with Crippen LogP contribution in [-0.4, -0.2) is 38.6 Å². The predicted octanol–water partition coefficient (Wildman–Crippen LogP) is -1.09. The quantitative estimate of drug-likeness (QED) is 0.602. The van der Waals surface area contributed by atoms with Crippen molar-refractivity contribution < 1.29 is 14.9 Å². The fourth-order valence-corrected chi connectivity index (χ4v) is 2.09. The van der Waals surface area contributed by atoms with Crippen LogP contribution < -0.4 is 11.2 Å². The van der Waals surface area contributed by atoms with Gasteiger partial charge in [0.25, 0.3) is 5.56 Å². The van der Waals surface area contributed by atoms with E-state index in [-0.39, 0.29) is 13.0 Å². The molecule has 0 bridgehead atoms. The van der Waals surface area contributed by atoms with Crippen LogP contribution in [0, 0.1) is 0 Å². The predicted molar refractivity (Wildman–Crippen MR) is 66.8 cm³/mol. The molecule has 1 aliphatic heterocycles. The van der Waals surface area contributed by atoms with Crippen molar-refractivity contribution in [2.45, 2.75) is 31.3 Å². The Hall–Kier alpha value is -1.70. The lowest BCUT2D eigenvalue weighted by molar-refractivity contribution is -0.0459. The Morgan fingerprint density at radius 2 is 2.32 bits per heavy atom. The van der Waals surface area contributed by atoms with Crippen molar-refractivity contribution in [1.29, 1.82) is 0 Å². The van der Waals surface area contributed by atoms with Crippen molar-refractivity contribution in [3.8, 4) is 0 Å². The van der Waals surface area contributed by atoms with Crippen LogP contribution in [0.5, 0.6) is 0 Å². The first-order valence-corrected chi connectivity index (χ1v) is 5.96. The summed E-state index contributed by atoms with van der Waals surface area (Å²) in [4.78, 5) is 25.5. The lowest BCUT2D eigenvalue weighted by Gasteiger charge is -2.15. The molecule has 0 spiro atoms. The van der Waals surface area contributed by atoms with Gasteiger partial charge in [0.2, 0.25) is 0 Å². The highest BCUT2D eigenvalue weighted by Crippen LogP contribution is 2.27. The van der Waals surface area contributed by atoms with Gasteiger partial charge in [0, 0.05) is 18.2 Å². The van der Waals surface area contributed by atoms with Gasteiger partial charge in [0.15, 0.2) is 0 Å². The summed E-state index contributed by atoms with van der Waals surface area (Å²) in [5.41, 5.74) is -0.674. The highest BCUT2D eigenvalue weighted by molar-refractivity contribution is 5.09. The van der Waals surface area contributed by atoms with Gasteiger partial charge >= 0.3 is 5.69 Å². The first-order valence-electron chi connectivity index (χ1n) is 5.96. The van der Waals surface area contributed by atoms with Crippen molar-refractivity contribution in [3.63, 3.8) is 0 Å². The van der Waals surface area contributed by atoms with E-state index in [1.54, 1.807) is 6.08 Å². The van der Waals surface area contributed by atoms with Gasteiger partial charge in [-0.2, -0.15) is 0 Å². The summed E-state index contributed by atoms with van der Waals surface area (Å²) in [5.74, 6) is 0. The van der Waals surface area contributed by atoms with Crippen molar-refractivity contribution in [2.75, 3.05) is 6.61 Å². The number of aromatic amines is 1. The largest absolute Gasteiger partial charge is 0.394 e. The van der Waals surface area contributed by atoms with E-state index in [4.69, 9.17) is 9.84 Å². The summed E-state index contributed by atoms with van der Waals surface area (Å²) >= 11 is 0. The number of aromatic nitrogens is 2. The molecule has 1 fully saturated rings. The molecule has 0 aromatic carbocycles. The minimum absolute atomic E-state index is 0.185. The topological polar surface area (TPSA) is 105 Å². The van der Waals surface area contributed by atoms with Crippen LogP contribution >= 0.6 is 0 Å². The standard InChI is InChI=1S/C12H16N2O5/c1-2-3-7-5-14(12(18)13-11(7)17)10-4-8(16)9(6-15)19-10/h2,5,8-10,15-16H,1,3-4,6H2,(H,13,17,18)/t8?,9-,10-/m0/s1. The Morgan fingerprint density at radius 3 is 2.89 bits per heavy atom. The number of hydrogen-bond donors (Lipinski definition) is 3. The molecule has 7 heteroatoms. The highest BCUT2D eigenvalue weighted by atomic mass is 16.5. The van der Waals surface area contributed by atoms with Crippen molar-refractivity contribution >= 4 is 0 Å². The highest BCUT2D eigenvalue weighted by Gasteiger charge is 2.35. The lowest BCUT2D eigenvalue weighted by Crippen LogP contribution is -2.34. The second-order valence-electron chi connectivity index (χ2n) is 4.43. The van der Waals surface area contributed by atoms with E-state index < -0.39 is 29.7 Å². The molecular weight excluding hydrogens is 252 g/mol. The van der Waals surface area contributed by atoms with Gasteiger partial charge in [-0.1, -0.05) is 6.08 Å². The maximum atomic E-state index is 11.7. The monoisotopic (exact) mass is 268 g/mol. The van der Waals surface area contributed by atoms with Crippen LogP contribution in [-0.2, 0) is 11.2 Å². The van der Waals surface area contributed by atoms with E-state index in [1.807, 2.05) is 0 Å². The SMILES string of the molecule is C=CCc1cn([C@@H]2CC(O)[C@H](CO)O2)c(=O)[nH]c1=O.